The second kappa shape index (κ2) is 3.14. The maximum absolute atomic E-state index is 12.4. The minimum Gasteiger partial charge on any atom is -0.207 e. The second-order valence-electron chi connectivity index (χ2n) is 1.91. The summed E-state index contributed by atoms with van der Waals surface area (Å²) in [6, 6.07) is 7.12. The lowest BCUT2D eigenvalue weighted by atomic mass is 10.2. The molecule has 0 nitrogen and oxygen atoms in total. The van der Waals surface area contributed by atoms with Crippen LogP contribution in [0.1, 0.15) is 5.56 Å². The quantitative estimate of drug-likeness (QED) is 0.669. The summed E-state index contributed by atoms with van der Waals surface area (Å²) in [6.07, 6.45) is 0. The van der Waals surface area contributed by atoms with Gasteiger partial charge in [-0.1, -0.05) is 18.7 Å². The fraction of sp³-hybridized carbons (Fsp3) is 0. The van der Waals surface area contributed by atoms with Crippen LogP contribution in [0, 0.1) is 3.57 Å². The van der Waals surface area contributed by atoms with Gasteiger partial charge in [-0.2, -0.15) is 0 Å². The molecule has 1 rings (SSSR count). The summed E-state index contributed by atoms with van der Waals surface area (Å²) in [5, 5.41) is 0. The van der Waals surface area contributed by atoms with Gasteiger partial charge in [-0.3, -0.25) is 0 Å². The van der Waals surface area contributed by atoms with Crippen molar-refractivity contribution in [3.05, 3.63) is 40.0 Å². The normalized spacial score (nSPS) is 9.40. The molecule has 2 heteroatoms. The molecule has 10 heavy (non-hydrogen) atoms. The largest absolute Gasteiger partial charge is 0.207 e. The Hall–Kier alpha value is -0.380. The van der Waals surface area contributed by atoms with Gasteiger partial charge >= 0.3 is 0 Å². The van der Waals surface area contributed by atoms with Gasteiger partial charge in [-0.05, 0) is 34.7 Å². The number of hydrogen-bond acceptors (Lipinski definition) is 0. The van der Waals surface area contributed by atoms with E-state index in [9.17, 15) is 4.39 Å². The molecule has 0 amide bonds. The highest BCUT2D eigenvalue weighted by molar-refractivity contribution is 14.1. The first-order valence-electron chi connectivity index (χ1n) is 2.80. The fourth-order valence-corrected chi connectivity index (χ4v) is 0.990. The predicted octanol–water partition coefficient (Wildman–Crippen LogP) is 3.23. The zero-order valence-electron chi connectivity index (χ0n) is 5.27. The van der Waals surface area contributed by atoms with Gasteiger partial charge in [0.25, 0.3) is 0 Å². The Kier molecular flexibility index (Phi) is 2.43. The number of benzene rings is 1. The number of halogens is 2. The van der Waals surface area contributed by atoms with Crippen molar-refractivity contribution in [3.8, 4) is 0 Å². The Balaban J connectivity index is 3.00. The topological polar surface area (TPSA) is 0 Å². The summed E-state index contributed by atoms with van der Waals surface area (Å²) in [7, 11) is 0. The van der Waals surface area contributed by atoms with Gasteiger partial charge < -0.3 is 0 Å². The molecule has 0 saturated carbocycles. The van der Waals surface area contributed by atoms with Crippen molar-refractivity contribution in [2.75, 3.05) is 0 Å². The average Bonchev–Trinajstić information content (AvgIpc) is 1.88. The molecule has 0 N–H and O–H groups in total. The van der Waals surface area contributed by atoms with E-state index in [0.29, 0.717) is 5.56 Å². The van der Waals surface area contributed by atoms with E-state index in [1.807, 2.05) is 12.1 Å². The van der Waals surface area contributed by atoms with Gasteiger partial charge in [0.05, 0.1) is 0 Å². The highest BCUT2D eigenvalue weighted by Gasteiger charge is 1.93. The van der Waals surface area contributed by atoms with Crippen molar-refractivity contribution in [3.63, 3.8) is 0 Å². The monoisotopic (exact) mass is 248 g/mol. The minimum atomic E-state index is -0.378. The van der Waals surface area contributed by atoms with E-state index in [-0.39, 0.29) is 5.83 Å². The molecule has 0 bridgehead atoms. The van der Waals surface area contributed by atoms with Crippen LogP contribution in [0.5, 0.6) is 0 Å². The van der Waals surface area contributed by atoms with Crippen LogP contribution in [0.2, 0.25) is 0 Å². The molecule has 0 aliphatic heterocycles. The third-order valence-corrected chi connectivity index (χ3v) is 1.88. The van der Waals surface area contributed by atoms with Gasteiger partial charge in [0.1, 0.15) is 5.83 Å². The third-order valence-electron chi connectivity index (χ3n) is 1.16. The summed E-state index contributed by atoms with van der Waals surface area (Å²) in [5.41, 5.74) is 0.556. The van der Waals surface area contributed by atoms with Crippen LogP contribution in [-0.4, -0.2) is 0 Å². The Bertz CT molecular complexity index is 238. The molecule has 0 aliphatic rings. The van der Waals surface area contributed by atoms with Crippen LogP contribution in [0.3, 0.4) is 0 Å². The molecule has 52 valence electrons. The summed E-state index contributed by atoms with van der Waals surface area (Å²) in [5.74, 6) is -0.378. The van der Waals surface area contributed by atoms with E-state index in [0.717, 1.165) is 3.57 Å². The van der Waals surface area contributed by atoms with Gasteiger partial charge in [-0.15, -0.1) is 0 Å². The van der Waals surface area contributed by atoms with Gasteiger partial charge in [0, 0.05) is 9.13 Å². The SMILES string of the molecule is C=C(F)c1ccc(I)cc1. The molecule has 1 aromatic rings. The van der Waals surface area contributed by atoms with Crippen LogP contribution in [0.25, 0.3) is 5.83 Å². The van der Waals surface area contributed by atoms with Gasteiger partial charge in [0.15, 0.2) is 0 Å². The van der Waals surface area contributed by atoms with Crippen molar-refractivity contribution in [1.82, 2.24) is 0 Å². The maximum atomic E-state index is 12.4. The lowest BCUT2D eigenvalue weighted by molar-refractivity contribution is 0.763. The molecular weight excluding hydrogens is 242 g/mol. The zero-order valence-corrected chi connectivity index (χ0v) is 7.43. The van der Waals surface area contributed by atoms with Crippen molar-refractivity contribution in [1.29, 1.82) is 0 Å². The van der Waals surface area contributed by atoms with Crippen molar-refractivity contribution in [2.24, 2.45) is 0 Å². The summed E-state index contributed by atoms with van der Waals surface area (Å²) in [4.78, 5) is 0. The van der Waals surface area contributed by atoms with E-state index < -0.39 is 0 Å². The first-order valence-corrected chi connectivity index (χ1v) is 3.88. The third kappa shape index (κ3) is 1.80. The summed E-state index contributed by atoms with van der Waals surface area (Å²) >= 11 is 2.17. The number of rotatable bonds is 1. The molecule has 0 aromatic heterocycles. The first-order chi connectivity index (χ1) is 4.70. The summed E-state index contributed by atoms with van der Waals surface area (Å²) < 4.78 is 13.5. The Labute approximate surface area is 72.9 Å². The molecule has 0 heterocycles. The van der Waals surface area contributed by atoms with E-state index in [2.05, 4.69) is 29.2 Å². The zero-order chi connectivity index (χ0) is 7.56. The van der Waals surface area contributed by atoms with Crippen molar-refractivity contribution < 1.29 is 4.39 Å². The molecule has 0 atom stereocenters. The maximum Gasteiger partial charge on any atom is 0.123 e. The first kappa shape index (κ1) is 7.72. The summed E-state index contributed by atoms with van der Waals surface area (Å²) in [6.45, 7) is 3.19. The molecule has 0 radical (unpaired) electrons. The lowest BCUT2D eigenvalue weighted by Crippen LogP contribution is -1.75. The lowest BCUT2D eigenvalue weighted by Gasteiger charge is -1.94. The predicted molar refractivity (Wildman–Crippen MR) is 49.3 cm³/mol. The molecule has 0 fully saturated rings. The Morgan fingerprint density at radius 3 is 2.20 bits per heavy atom. The van der Waals surface area contributed by atoms with Crippen LogP contribution in [-0.2, 0) is 0 Å². The van der Waals surface area contributed by atoms with Crippen molar-refractivity contribution >= 4 is 28.4 Å². The molecule has 1 aromatic carbocycles. The Morgan fingerprint density at radius 1 is 1.30 bits per heavy atom. The average molecular weight is 248 g/mol. The molecular formula is C8H6FI. The second-order valence-corrected chi connectivity index (χ2v) is 3.16. The van der Waals surface area contributed by atoms with Crippen molar-refractivity contribution in [2.45, 2.75) is 0 Å². The molecule has 0 aliphatic carbocycles. The van der Waals surface area contributed by atoms with Crippen LogP contribution in [0.15, 0.2) is 30.8 Å². The molecule has 0 saturated heterocycles. The van der Waals surface area contributed by atoms with Crippen LogP contribution >= 0.6 is 22.6 Å². The Morgan fingerprint density at radius 2 is 1.80 bits per heavy atom. The smallest absolute Gasteiger partial charge is 0.123 e. The van der Waals surface area contributed by atoms with E-state index in [1.54, 1.807) is 12.1 Å². The van der Waals surface area contributed by atoms with E-state index in [4.69, 9.17) is 0 Å². The fourth-order valence-electron chi connectivity index (χ4n) is 0.631. The van der Waals surface area contributed by atoms with Crippen LogP contribution in [0.4, 0.5) is 4.39 Å². The van der Waals surface area contributed by atoms with E-state index in [1.165, 1.54) is 0 Å². The van der Waals surface area contributed by atoms with Gasteiger partial charge in [-0.25, -0.2) is 4.39 Å². The van der Waals surface area contributed by atoms with Crippen LogP contribution < -0.4 is 0 Å². The number of hydrogen-bond donors (Lipinski definition) is 0. The molecule has 0 spiro atoms. The van der Waals surface area contributed by atoms with Gasteiger partial charge in [0.2, 0.25) is 0 Å². The highest BCUT2D eigenvalue weighted by Crippen LogP contribution is 2.14. The van der Waals surface area contributed by atoms with E-state index >= 15 is 0 Å². The highest BCUT2D eigenvalue weighted by atomic mass is 127. The minimum absolute atomic E-state index is 0.378. The standard InChI is InChI=1S/C8H6FI/c1-6(9)7-2-4-8(10)5-3-7/h2-5H,1H2. The molecule has 0 unspecified atom stereocenters.